The first-order chi connectivity index (χ1) is 17.1. The summed E-state index contributed by atoms with van der Waals surface area (Å²) in [5.41, 5.74) is 5.20. The topological polar surface area (TPSA) is 135 Å². The zero-order chi connectivity index (χ0) is 26.4. The van der Waals surface area contributed by atoms with E-state index in [9.17, 15) is 19.2 Å². The van der Waals surface area contributed by atoms with Crippen LogP contribution in [-0.4, -0.2) is 42.2 Å². The Morgan fingerprint density at radius 3 is 2.11 bits per heavy atom. The van der Waals surface area contributed by atoms with Crippen molar-refractivity contribution >= 4 is 24.0 Å². The van der Waals surface area contributed by atoms with Gasteiger partial charge in [0.1, 0.15) is 18.2 Å². The van der Waals surface area contributed by atoms with Crippen LogP contribution in [0.4, 0.5) is 9.59 Å². The van der Waals surface area contributed by atoms with E-state index in [1.54, 1.807) is 51.1 Å². The zero-order valence-corrected chi connectivity index (χ0v) is 20.8. The summed E-state index contributed by atoms with van der Waals surface area (Å²) >= 11 is 0. The first-order valence-corrected chi connectivity index (χ1v) is 11.7. The second-order valence-corrected chi connectivity index (χ2v) is 8.99. The fraction of sp³-hybridized carbons (Fsp3) is 0.385. The van der Waals surface area contributed by atoms with Crippen molar-refractivity contribution < 1.29 is 28.7 Å². The van der Waals surface area contributed by atoms with Crippen molar-refractivity contribution in [1.29, 1.82) is 0 Å². The number of amides is 4. The van der Waals surface area contributed by atoms with E-state index in [-0.39, 0.29) is 13.0 Å². The number of ether oxygens (including phenoxy) is 2. The highest BCUT2D eigenvalue weighted by Gasteiger charge is 2.24. The molecule has 0 fully saturated rings. The van der Waals surface area contributed by atoms with Gasteiger partial charge in [-0.1, -0.05) is 48.5 Å². The van der Waals surface area contributed by atoms with Crippen LogP contribution in [-0.2, 0) is 20.9 Å². The van der Waals surface area contributed by atoms with Crippen LogP contribution >= 0.6 is 0 Å². The molecule has 2 aromatic rings. The molecule has 0 aliphatic heterocycles. The molecular formula is C26H34N4O6. The lowest BCUT2D eigenvalue weighted by Crippen LogP contribution is -2.53. The smallest absolute Gasteiger partial charge is 0.408 e. The third kappa shape index (κ3) is 11.4. The maximum absolute atomic E-state index is 12.7. The number of hydrazine groups is 1. The van der Waals surface area contributed by atoms with Gasteiger partial charge in [0.25, 0.3) is 11.8 Å². The van der Waals surface area contributed by atoms with Gasteiger partial charge in [-0.25, -0.2) is 9.59 Å². The molecule has 0 unspecified atom stereocenters. The average Bonchev–Trinajstić information content (AvgIpc) is 2.85. The number of hydrogen-bond acceptors (Lipinski definition) is 6. The molecule has 2 aromatic carbocycles. The Hall–Kier alpha value is -4.08. The molecule has 0 aromatic heterocycles. The van der Waals surface area contributed by atoms with Gasteiger partial charge in [0.15, 0.2) is 0 Å². The monoisotopic (exact) mass is 498 g/mol. The standard InChI is InChI=1S/C26H34N4O6/c1-26(2,3)36-25(34)28-21(23(32)30-29-22(31)20-14-8-5-9-15-20)16-10-11-17-27-24(33)35-18-19-12-6-4-7-13-19/h4-9,12-15,21H,10-11,16-18H2,1-3H3,(H,27,33)(H,28,34)(H,29,31)(H,30,32)/t21-/m0/s1. The van der Waals surface area contributed by atoms with Crippen molar-refractivity contribution in [3.8, 4) is 0 Å². The maximum atomic E-state index is 12.7. The van der Waals surface area contributed by atoms with Gasteiger partial charge in [0.2, 0.25) is 0 Å². The summed E-state index contributed by atoms with van der Waals surface area (Å²) < 4.78 is 10.4. The molecule has 0 spiro atoms. The quantitative estimate of drug-likeness (QED) is 0.293. The van der Waals surface area contributed by atoms with Gasteiger partial charge >= 0.3 is 12.2 Å². The van der Waals surface area contributed by atoms with Crippen molar-refractivity contribution in [2.45, 2.75) is 58.3 Å². The van der Waals surface area contributed by atoms with E-state index < -0.39 is 35.6 Å². The fourth-order valence-electron chi connectivity index (χ4n) is 3.02. The summed E-state index contributed by atoms with van der Waals surface area (Å²) in [6, 6.07) is 16.8. The highest BCUT2D eigenvalue weighted by Crippen LogP contribution is 2.09. The van der Waals surface area contributed by atoms with E-state index in [1.165, 1.54) is 0 Å². The number of alkyl carbamates (subject to hydrolysis) is 2. The number of carbonyl (C=O) groups is 4. The molecule has 0 aliphatic carbocycles. The van der Waals surface area contributed by atoms with Crippen molar-refractivity contribution in [2.24, 2.45) is 0 Å². The molecule has 10 heteroatoms. The first-order valence-electron chi connectivity index (χ1n) is 11.7. The number of nitrogens with one attached hydrogen (secondary N) is 4. The number of carbonyl (C=O) groups excluding carboxylic acids is 4. The Morgan fingerprint density at radius 2 is 1.47 bits per heavy atom. The maximum Gasteiger partial charge on any atom is 0.408 e. The molecule has 2 rings (SSSR count). The predicted octanol–water partition coefficient (Wildman–Crippen LogP) is 3.44. The highest BCUT2D eigenvalue weighted by molar-refractivity contribution is 5.96. The van der Waals surface area contributed by atoms with Gasteiger partial charge in [0.05, 0.1) is 0 Å². The van der Waals surface area contributed by atoms with Crippen LogP contribution in [0.1, 0.15) is 56.0 Å². The third-order valence-corrected chi connectivity index (χ3v) is 4.74. The summed E-state index contributed by atoms with van der Waals surface area (Å²) in [7, 11) is 0. The summed E-state index contributed by atoms with van der Waals surface area (Å²) in [6.45, 7) is 5.64. The second-order valence-electron chi connectivity index (χ2n) is 8.99. The highest BCUT2D eigenvalue weighted by atomic mass is 16.6. The zero-order valence-electron chi connectivity index (χ0n) is 20.8. The normalized spacial score (nSPS) is 11.5. The van der Waals surface area contributed by atoms with Gasteiger partial charge < -0.3 is 20.1 Å². The van der Waals surface area contributed by atoms with Crippen molar-refractivity contribution in [1.82, 2.24) is 21.5 Å². The average molecular weight is 499 g/mol. The van der Waals surface area contributed by atoms with Gasteiger partial charge in [-0.15, -0.1) is 0 Å². The van der Waals surface area contributed by atoms with Crippen LogP contribution < -0.4 is 21.5 Å². The summed E-state index contributed by atoms with van der Waals surface area (Å²) in [5, 5.41) is 5.19. The molecule has 0 saturated carbocycles. The van der Waals surface area contributed by atoms with Crippen LogP contribution in [0.3, 0.4) is 0 Å². The minimum Gasteiger partial charge on any atom is -0.445 e. The Balaban J connectivity index is 1.79. The molecule has 1 atom stereocenters. The number of unbranched alkanes of at least 4 members (excludes halogenated alkanes) is 1. The van der Waals surface area contributed by atoms with Crippen LogP contribution in [0.5, 0.6) is 0 Å². The third-order valence-electron chi connectivity index (χ3n) is 4.74. The van der Waals surface area contributed by atoms with E-state index in [0.29, 0.717) is 24.9 Å². The fourth-order valence-corrected chi connectivity index (χ4v) is 3.02. The summed E-state index contributed by atoms with van der Waals surface area (Å²) in [5.74, 6) is -1.08. The Bertz CT molecular complexity index is 992. The van der Waals surface area contributed by atoms with Crippen molar-refractivity contribution in [3.05, 3.63) is 71.8 Å². The molecular weight excluding hydrogens is 464 g/mol. The van der Waals surface area contributed by atoms with Crippen LogP contribution in [0, 0.1) is 0 Å². The van der Waals surface area contributed by atoms with E-state index in [2.05, 4.69) is 21.5 Å². The van der Waals surface area contributed by atoms with E-state index in [4.69, 9.17) is 9.47 Å². The van der Waals surface area contributed by atoms with Crippen LogP contribution in [0.15, 0.2) is 60.7 Å². The van der Waals surface area contributed by atoms with E-state index in [0.717, 1.165) is 5.56 Å². The predicted molar refractivity (Wildman–Crippen MR) is 134 cm³/mol. The number of hydrogen-bond donors (Lipinski definition) is 4. The largest absolute Gasteiger partial charge is 0.445 e. The molecule has 4 N–H and O–H groups in total. The SMILES string of the molecule is CC(C)(C)OC(=O)N[C@@H](CCCCNC(=O)OCc1ccccc1)C(=O)NNC(=O)c1ccccc1. The van der Waals surface area contributed by atoms with Gasteiger partial charge in [-0.3, -0.25) is 20.4 Å². The lowest BCUT2D eigenvalue weighted by Gasteiger charge is -2.23. The number of rotatable bonds is 10. The van der Waals surface area contributed by atoms with Gasteiger partial charge in [0, 0.05) is 12.1 Å². The van der Waals surface area contributed by atoms with Gasteiger partial charge in [-0.2, -0.15) is 0 Å². The van der Waals surface area contributed by atoms with Crippen molar-refractivity contribution in [3.63, 3.8) is 0 Å². The molecule has 0 bridgehead atoms. The first kappa shape index (κ1) is 28.2. The Labute approximate surface area is 211 Å². The van der Waals surface area contributed by atoms with Crippen LogP contribution in [0.2, 0.25) is 0 Å². The molecule has 4 amide bonds. The molecule has 0 heterocycles. The lowest BCUT2D eigenvalue weighted by atomic mass is 10.1. The number of benzene rings is 2. The molecule has 10 nitrogen and oxygen atoms in total. The van der Waals surface area contributed by atoms with Crippen molar-refractivity contribution in [2.75, 3.05) is 6.54 Å². The minimum absolute atomic E-state index is 0.170. The molecule has 0 aliphatic rings. The lowest BCUT2D eigenvalue weighted by molar-refractivity contribution is -0.124. The van der Waals surface area contributed by atoms with Crippen LogP contribution in [0.25, 0.3) is 0 Å². The molecule has 194 valence electrons. The molecule has 0 saturated heterocycles. The Kier molecular flexibility index (Phi) is 11.2. The van der Waals surface area contributed by atoms with E-state index in [1.807, 2.05) is 30.3 Å². The van der Waals surface area contributed by atoms with E-state index >= 15 is 0 Å². The molecule has 36 heavy (non-hydrogen) atoms. The summed E-state index contributed by atoms with van der Waals surface area (Å²) in [6.07, 6.45) is 0.00613. The second kappa shape index (κ2) is 14.3. The molecule has 0 radical (unpaired) electrons. The van der Waals surface area contributed by atoms with Gasteiger partial charge in [-0.05, 0) is 57.7 Å². The minimum atomic E-state index is -0.957. The Morgan fingerprint density at radius 1 is 0.833 bits per heavy atom. The summed E-state index contributed by atoms with van der Waals surface area (Å²) in [4.78, 5) is 49.0.